The molecule has 4 aliphatic rings. The van der Waals surface area contributed by atoms with Crippen LogP contribution in [-0.4, -0.2) is 68.9 Å². The summed E-state index contributed by atoms with van der Waals surface area (Å²) in [7, 11) is 0. The van der Waals surface area contributed by atoms with Gasteiger partial charge < -0.3 is 34.4 Å². The molecule has 10 heteroatoms. The molecule has 6 rings (SSSR count). The second-order valence-corrected chi connectivity index (χ2v) is 11.2. The number of hydrogen-bond acceptors (Lipinski definition) is 10. The van der Waals surface area contributed by atoms with Crippen molar-refractivity contribution >= 4 is 23.1 Å². The fraction of sp³-hybridized carbons (Fsp3) is 0.452. The van der Waals surface area contributed by atoms with Gasteiger partial charge in [0.15, 0.2) is 5.78 Å². The molecule has 41 heavy (non-hydrogen) atoms. The molecule has 1 aliphatic carbocycles. The normalized spacial score (nSPS) is 28.2. The van der Waals surface area contributed by atoms with E-state index in [-0.39, 0.29) is 52.3 Å². The molecule has 216 valence electrons. The van der Waals surface area contributed by atoms with E-state index in [0.29, 0.717) is 24.9 Å². The van der Waals surface area contributed by atoms with Crippen molar-refractivity contribution in [1.29, 1.82) is 0 Å². The fourth-order valence-electron chi connectivity index (χ4n) is 6.27. The lowest BCUT2D eigenvalue weighted by Crippen LogP contribution is -2.48. The van der Waals surface area contributed by atoms with Gasteiger partial charge in [-0.15, -0.1) is 0 Å². The molecular weight excluding hydrogens is 530 g/mol. The highest BCUT2D eigenvalue weighted by Gasteiger charge is 2.47. The van der Waals surface area contributed by atoms with Crippen LogP contribution in [-0.2, 0) is 14.3 Å². The number of nitrogens with zero attached hydrogens (tertiary/aromatic N) is 1. The van der Waals surface area contributed by atoms with E-state index >= 15 is 0 Å². The number of aliphatic hydroxyl groups excluding tert-OH is 2. The first-order valence-electron chi connectivity index (χ1n) is 14.1. The lowest BCUT2D eigenvalue weighted by Gasteiger charge is -2.42. The van der Waals surface area contributed by atoms with Crippen LogP contribution in [0.1, 0.15) is 89.1 Å². The Bertz CT molecular complexity index is 1450. The summed E-state index contributed by atoms with van der Waals surface area (Å²) >= 11 is 0. The minimum Gasteiger partial charge on any atom is -0.507 e. The van der Waals surface area contributed by atoms with Gasteiger partial charge in [0, 0.05) is 36.1 Å². The molecular formula is C31H33NO9. The van der Waals surface area contributed by atoms with E-state index in [1.54, 1.807) is 36.9 Å². The van der Waals surface area contributed by atoms with E-state index in [1.807, 2.05) is 0 Å². The van der Waals surface area contributed by atoms with E-state index in [2.05, 4.69) is 0 Å². The number of ether oxygens (including phenoxy) is 3. The second-order valence-electron chi connectivity index (χ2n) is 11.2. The lowest BCUT2D eigenvalue weighted by atomic mass is 9.78. The minimum absolute atomic E-state index is 0.0317. The number of ketones is 2. The largest absolute Gasteiger partial charge is 0.507 e. The van der Waals surface area contributed by atoms with Crippen LogP contribution >= 0.6 is 0 Å². The molecule has 0 saturated carbocycles. The van der Waals surface area contributed by atoms with Crippen LogP contribution in [0.3, 0.4) is 0 Å². The lowest BCUT2D eigenvalue weighted by molar-refractivity contribution is -0.216. The number of esters is 1. The van der Waals surface area contributed by atoms with E-state index in [0.717, 1.165) is 18.4 Å². The molecule has 5 atom stereocenters. The molecule has 0 spiro atoms. The predicted molar refractivity (Wildman–Crippen MR) is 145 cm³/mol. The quantitative estimate of drug-likeness (QED) is 0.464. The number of carbonyl (C=O) groups excluding carboxylic acids is 3. The summed E-state index contributed by atoms with van der Waals surface area (Å²) in [6.45, 7) is 3.76. The van der Waals surface area contributed by atoms with Gasteiger partial charge in [0.05, 0.1) is 23.3 Å². The highest BCUT2D eigenvalue weighted by atomic mass is 16.7. The molecule has 0 aromatic heterocycles. The molecule has 2 saturated heterocycles. The van der Waals surface area contributed by atoms with Crippen molar-refractivity contribution in [1.82, 2.24) is 4.90 Å². The third kappa shape index (κ3) is 4.69. The topological polar surface area (TPSA) is 143 Å². The summed E-state index contributed by atoms with van der Waals surface area (Å²) in [5, 5.41) is 31.4. The van der Waals surface area contributed by atoms with Crippen LogP contribution < -0.4 is 4.74 Å². The maximum absolute atomic E-state index is 14.4. The Morgan fingerprint density at radius 2 is 1.78 bits per heavy atom. The average Bonchev–Trinajstić information content (AvgIpc) is 2.92. The van der Waals surface area contributed by atoms with Gasteiger partial charge in [-0.3, -0.25) is 14.4 Å². The summed E-state index contributed by atoms with van der Waals surface area (Å²) < 4.78 is 17.7. The standard InChI is InChI=1S/C31H33NO9/c1-15-12-18-24(19(33)13-15)26-27(32-11-6-4-3-5-10-22(35)41-31(18)32)30(38)25-17(29(26)37)8-7-9-21(25)40-23-14-20(34)28(36)16(2)39-23/h7-9,12-13,16,20,23,28,31,33-34,36H,3-6,10-11,14H2,1-2H3. The molecule has 2 aromatic rings. The first-order valence-corrected chi connectivity index (χ1v) is 14.1. The SMILES string of the molecule is Cc1cc(O)c2c(c1)C1OC(=O)CCCCCCN1C1=C2C(=O)c2cccc(OC3CC(O)C(O)C(C)O3)c2C1=O. The van der Waals surface area contributed by atoms with Crippen molar-refractivity contribution in [3.8, 4) is 11.5 Å². The first-order chi connectivity index (χ1) is 19.7. The third-order valence-corrected chi connectivity index (χ3v) is 8.26. The van der Waals surface area contributed by atoms with Gasteiger partial charge in [0.1, 0.15) is 23.3 Å². The zero-order valence-corrected chi connectivity index (χ0v) is 23.0. The highest BCUT2D eigenvalue weighted by molar-refractivity contribution is 6.41. The Kier molecular flexibility index (Phi) is 7.09. The van der Waals surface area contributed by atoms with Gasteiger partial charge in [0.2, 0.25) is 18.3 Å². The molecule has 2 aromatic carbocycles. The van der Waals surface area contributed by atoms with Gasteiger partial charge >= 0.3 is 5.97 Å². The zero-order valence-electron chi connectivity index (χ0n) is 23.0. The summed E-state index contributed by atoms with van der Waals surface area (Å²) in [5.41, 5.74) is 1.63. The maximum Gasteiger partial charge on any atom is 0.307 e. The number of aryl methyl sites for hydroxylation is 1. The van der Waals surface area contributed by atoms with E-state index in [9.17, 15) is 29.7 Å². The Labute approximate surface area is 237 Å². The summed E-state index contributed by atoms with van der Waals surface area (Å²) in [4.78, 5) is 43.1. The maximum atomic E-state index is 14.4. The smallest absolute Gasteiger partial charge is 0.307 e. The average molecular weight is 564 g/mol. The van der Waals surface area contributed by atoms with Crippen molar-refractivity contribution in [3.63, 3.8) is 0 Å². The van der Waals surface area contributed by atoms with Crippen LogP contribution in [0.2, 0.25) is 0 Å². The Morgan fingerprint density at radius 3 is 2.56 bits per heavy atom. The number of phenols is 1. The monoisotopic (exact) mass is 563 g/mol. The van der Waals surface area contributed by atoms with Gasteiger partial charge in [0.25, 0.3) is 0 Å². The Hall–Kier alpha value is -3.73. The highest BCUT2D eigenvalue weighted by Crippen LogP contribution is 2.49. The number of Topliss-reactive ketones (excluding diaryl/α,β-unsaturated/α-hetero) is 2. The predicted octanol–water partition coefficient (Wildman–Crippen LogP) is 3.55. The van der Waals surface area contributed by atoms with Gasteiger partial charge in [-0.1, -0.05) is 25.0 Å². The van der Waals surface area contributed by atoms with Gasteiger partial charge in [-0.2, -0.15) is 0 Å². The zero-order chi connectivity index (χ0) is 29.0. The summed E-state index contributed by atoms with van der Waals surface area (Å²) in [6.07, 6.45) is -1.54. The molecule has 0 amide bonds. The van der Waals surface area contributed by atoms with E-state index in [1.165, 1.54) is 12.1 Å². The van der Waals surface area contributed by atoms with E-state index < -0.39 is 48.4 Å². The minimum atomic E-state index is -1.08. The number of aromatic hydroxyl groups is 1. The number of benzene rings is 2. The van der Waals surface area contributed by atoms with Crippen molar-refractivity contribution < 1.29 is 43.9 Å². The molecule has 0 radical (unpaired) electrons. The van der Waals surface area contributed by atoms with Crippen molar-refractivity contribution in [2.24, 2.45) is 0 Å². The molecule has 3 N–H and O–H groups in total. The molecule has 0 bridgehead atoms. The number of allylic oxidation sites excluding steroid dienone is 2. The number of phenolic OH excluding ortho intramolecular Hbond substituents is 1. The summed E-state index contributed by atoms with van der Waals surface area (Å²) in [5.74, 6) is -1.45. The molecule has 10 nitrogen and oxygen atoms in total. The van der Waals surface area contributed by atoms with Crippen LogP contribution in [0.15, 0.2) is 36.0 Å². The number of rotatable bonds is 2. The van der Waals surface area contributed by atoms with E-state index in [4.69, 9.17) is 14.2 Å². The van der Waals surface area contributed by atoms with Crippen LogP contribution in [0.5, 0.6) is 11.5 Å². The molecule has 3 heterocycles. The fourth-order valence-corrected chi connectivity index (χ4v) is 6.27. The van der Waals surface area contributed by atoms with Crippen molar-refractivity contribution in [2.45, 2.75) is 83.2 Å². The molecule has 3 aliphatic heterocycles. The van der Waals surface area contributed by atoms with Gasteiger partial charge in [-0.05, 0) is 50.5 Å². The van der Waals surface area contributed by atoms with Crippen molar-refractivity contribution in [2.75, 3.05) is 6.54 Å². The van der Waals surface area contributed by atoms with Crippen molar-refractivity contribution in [3.05, 3.63) is 63.8 Å². The number of aliphatic hydroxyl groups is 2. The molecule has 5 unspecified atom stereocenters. The Morgan fingerprint density at radius 1 is 1.00 bits per heavy atom. The summed E-state index contributed by atoms with van der Waals surface area (Å²) in [6, 6.07) is 7.99. The number of carbonyl (C=O) groups is 3. The van der Waals surface area contributed by atoms with Crippen LogP contribution in [0.4, 0.5) is 0 Å². The Balaban J connectivity index is 1.49. The molecule has 2 fully saturated rings. The van der Waals surface area contributed by atoms with Crippen LogP contribution in [0.25, 0.3) is 5.57 Å². The van der Waals surface area contributed by atoms with Crippen LogP contribution in [0, 0.1) is 6.92 Å². The first kappa shape index (κ1) is 27.4. The number of hydrogen-bond donors (Lipinski definition) is 3. The number of fused-ring (bicyclic) bond motifs is 6. The van der Waals surface area contributed by atoms with Gasteiger partial charge in [-0.25, -0.2) is 0 Å². The second kappa shape index (κ2) is 10.6. The third-order valence-electron chi connectivity index (χ3n) is 8.26.